The Morgan fingerprint density at radius 1 is 1.50 bits per heavy atom. The highest BCUT2D eigenvalue weighted by molar-refractivity contribution is 14.2. The normalized spacial score (nSPS) is 10.3. The van der Waals surface area contributed by atoms with Crippen LogP contribution in [0, 0.1) is 23.5 Å². The van der Waals surface area contributed by atoms with Crippen LogP contribution in [0.15, 0.2) is 30.5 Å². The number of hydrogen-bond donors (Lipinski definition) is 3. The molecule has 0 unspecified atom stereocenters. The molecule has 0 saturated carbocycles. The second kappa shape index (κ2) is 9.56. The van der Waals surface area contributed by atoms with Gasteiger partial charge < -0.3 is 11.1 Å². The van der Waals surface area contributed by atoms with Crippen LogP contribution in [-0.2, 0) is 4.79 Å². The molecule has 0 fully saturated rings. The van der Waals surface area contributed by atoms with E-state index in [0.29, 0.717) is 27.7 Å². The number of nitrogens with two attached hydrogens (primary N) is 1. The van der Waals surface area contributed by atoms with Gasteiger partial charge in [-0.3, -0.25) is 15.2 Å². The van der Waals surface area contributed by atoms with Gasteiger partial charge in [0.15, 0.2) is 0 Å². The molecular weight excluding hydrogens is 485 g/mol. The van der Waals surface area contributed by atoms with Crippen molar-refractivity contribution >= 4 is 70.9 Å². The summed E-state index contributed by atoms with van der Waals surface area (Å²) in [5.41, 5.74) is 8.11. The first-order valence-corrected chi connectivity index (χ1v) is 10.9. The maximum Gasteiger partial charge on any atom is 0.248 e. The lowest BCUT2D eigenvalue weighted by Crippen LogP contribution is -2.09. The number of amides is 1. The summed E-state index contributed by atoms with van der Waals surface area (Å²) >= 11 is 7.90. The highest BCUT2D eigenvalue weighted by Crippen LogP contribution is 2.18. The van der Waals surface area contributed by atoms with E-state index < -0.39 is 0 Å². The van der Waals surface area contributed by atoms with Crippen LogP contribution in [0.5, 0.6) is 0 Å². The Balaban J connectivity index is 2.10. The van der Waals surface area contributed by atoms with Crippen LogP contribution in [-0.4, -0.2) is 21.6 Å². The lowest BCUT2D eigenvalue weighted by molar-refractivity contribution is -0.111. The van der Waals surface area contributed by atoms with E-state index in [2.05, 4.69) is 26.5 Å². The van der Waals surface area contributed by atoms with Crippen molar-refractivity contribution in [3.05, 3.63) is 52.4 Å². The maximum absolute atomic E-state index is 12.0. The van der Waals surface area contributed by atoms with Gasteiger partial charge in [0.2, 0.25) is 5.91 Å². The molecule has 0 aliphatic rings. The SMILES string of the molecule is Cc1ncc(Cl)cc1NC(=O)/C=C/c1ccc(C(=N)C#CSI)c(N)n1. The van der Waals surface area contributed by atoms with Crippen LogP contribution in [0.4, 0.5) is 11.5 Å². The second-order valence-corrected chi connectivity index (χ2v) is 7.07. The van der Waals surface area contributed by atoms with Crippen molar-refractivity contribution in [3.63, 3.8) is 0 Å². The van der Waals surface area contributed by atoms with Gasteiger partial charge in [-0.1, -0.05) is 11.6 Å². The highest BCUT2D eigenvalue weighted by atomic mass is 127. The second-order valence-electron chi connectivity index (χ2n) is 4.96. The molecule has 0 aliphatic carbocycles. The van der Waals surface area contributed by atoms with Crippen LogP contribution in [0.25, 0.3) is 6.08 Å². The molecule has 2 heterocycles. The molecule has 1 amide bonds. The zero-order valence-electron chi connectivity index (χ0n) is 13.5. The van der Waals surface area contributed by atoms with E-state index in [0.717, 1.165) is 0 Å². The van der Waals surface area contributed by atoms with Gasteiger partial charge >= 0.3 is 0 Å². The first-order chi connectivity index (χ1) is 12.4. The van der Waals surface area contributed by atoms with Gasteiger partial charge in [0, 0.05) is 33.5 Å². The van der Waals surface area contributed by atoms with Crippen molar-refractivity contribution in [2.75, 3.05) is 11.1 Å². The first-order valence-electron chi connectivity index (χ1n) is 7.16. The molecule has 132 valence electrons. The molecule has 0 aromatic carbocycles. The number of anilines is 2. The third kappa shape index (κ3) is 5.72. The molecule has 0 saturated heterocycles. The topological polar surface area (TPSA) is 105 Å². The fourth-order valence-electron chi connectivity index (χ4n) is 1.90. The molecule has 9 heteroatoms. The number of nitrogens with zero attached hydrogens (tertiary/aromatic N) is 2. The summed E-state index contributed by atoms with van der Waals surface area (Å²) in [5.74, 6) is 2.50. The van der Waals surface area contributed by atoms with Crippen molar-refractivity contribution in [2.24, 2.45) is 0 Å². The third-order valence-electron chi connectivity index (χ3n) is 3.15. The zero-order chi connectivity index (χ0) is 19.1. The molecule has 0 spiro atoms. The minimum absolute atomic E-state index is 0.0939. The highest BCUT2D eigenvalue weighted by Gasteiger charge is 2.07. The van der Waals surface area contributed by atoms with Crippen molar-refractivity contribution in [1.82, 2.24) is 9.97 Å². The van der Waals surface area contributed by atoms with Crippen LogP contribution < -0.4 is 11.1 Å². The Kier molecular flexibility index (Phi) is 7.44. The first kappa shape index (κ1) is 20.2. The molecule has 0 aliphatic heterocycles. The van der Waals surface area contributed by atoms with Gasteiger partial charge in [-0.15, -0.1) is 0 Å². The smallest absolute Gasteiger partial charge is 0.248 e. The van der Waals surface area contributed by atoms with Gasteiger partial charge in [-0.25, -0.2) is 4.98 Å². The van der Waals surface area contributed by atoms with Crippen molar-refractivity contribution in [1.29, 1.82) is 5.41 Å². The maximum atomic E-state index is 12.0. The van der Waals surface area contributed by atoms with E-state index >= 15 is 0 Å². The number of carbonyl (C=O) groups excluding carboxylic acids is 1. The number of aryl methyl sites for hydroxylation is 1. The number of pyridine rings is 2. The predicted molar refractivity (Wildman–Crippen MR) is 117 cm³/mol. The van der Waals surface area contributed by atoms with E-state index in [4.69, 9.17) is 22.7 Å². The van der Waals surface area contributed by atoms with Gasteiger partial charge in [-0.2, -0.15) is 0 Å². The molecule has 2 aromatic heterocycles. The lowest BCUT2D eigenvalue weighted by Gasteiger charge is -2.06. The molecule has 6 nitrogen and oxygen atoms in total. The van der Waals surface area contributed by atoms with E-state index in [-0.39, 0.29) is 17.4 Å². The summed E-state index contributed by atoms with van der Waals surface area (Å²) in [6.07, 6.45) is 4.37. The number of nitrogens with one attached hydrogen (secondary N) is 2. The predicted octanol–water partition coefficient (Wildman–Crippen LogP) is 4.08. The Hall–Kier alpha value is -2.09. The van der Waals surface area contributed by atoms with Gasteiger partial charge in [0.1, 0.15) is 11.5 Å². The van der Waals surface area contributed by atoms with Crippen molar-refractivity contribution < 1.29 is 4.79 Å². The van der Waals surface area contributed by atoms with Crippen LogP contribution in [0.2, 0.25) is 5.02 Å². The quantitative estimate of drug-likeness (QED) is 0.255. The number of rotatable bonds is 4. The molecule has 4 N–H and O–H groups in total. The molecule has 2 aromatic rings. The van der Waals surface area contributed by atoms with Crippen molar-refractivity contribution in [2.45, 2.75) is 6.92 Å². The Morgan fingerprint density at radius 3 is 2.96 bits per heavy atom. The third-order valence-corrected chi connectivity index (χ3v) is 4.19. The van der Waals surface area contributed by atoms with Crippen LogP contribution >= 0.6 is 41.7 Å². The average Bonchev–Trinajstić information content (AvgIpc) is 2.61. The van der Waals surface area contributed by atoms with Gasteiger partial charge in [0.05, 0.1) is 27.7 Å². The monoisotopic (exact) mass is 497 g/mol. The van der Waals surface area contributed by atoms with E-state index in [1.165, 1.54) is 27.3 Å². The van der Waals surface area contributed by atoms with E-state index in [9.17, 15) is 4.79 Å². The Morgan fingerprint density at radius 2 is 2.27 bits per heavy atom. The lowest BCUT2D eigenvalue weighted by atomic mass is 10.1. The van der Waals surface area contributed by atoms with Crippen LogP contribution in [0.3, 0.4) is 0 Å². The summed E-state index contributed by atoms with van der Waals surface area (Å²) in [4.78, 5) is 20.3. The number of aromatic nitrogens is 2. The molecule has 0 radical (unpaired) electrons. The summed E-state index contributed by atoms with van der Waals surface area (Å²) in [6.45, 7) is 1.77. The number of hydrogen-bond acceptors (Lipinski definition) is 6. The Bertz CT molecular complexity index is 952. The molecule has 26 heavy (non-hydrogen) atoms. The fraction of sp³-hybridized carbons (Fsp3) is 0.0588. The minimum atomic E-state index is -0.348. The van der Waals surface area contributed by atoms with Crippen LogP contribution in [0.1, 0.15) is 17.0 Å². The number of nitrogen functional groups attached to an aromatic ring is 1. The van der Waals surface area contributed by atoms with E-state index in [1.807, 2.05) is 21.2 Å². The minimum Gasteiger partial charge on any atom is -0.383 e. The summed E-state index contributed by atoms with van der Waals surface area (Å²) in [5, 5.41) is 13.7. The molecular formula is C17H13ClIN5OS. The molecule has 0 bridgehead atoms. The van der Waals surface area contributed by atoms with Gasteiger partial charge in [-0.05, 0) is 51.3 Å². The fourth-order valence-corrected chi connectivity index (χ4v) is 2.53. The molecule has 2 rings (SSSR count). The van der Waals surface area contributed by atoms with Crippen molar-refractivity contribution in [3.8, 4) is 11.2 Å². The number of halogens is 2. The average molecular weight is 498 g/mol. The summed E-state index contributed by atoms with van der Waals surface area (Å²) in [7, 11) is 1.29. The summed E-state index contributed by atoms with van der Waals surface area (Å²) in [6, 6.07) is 4.94. The Labute approximate surface area is 172 Å². The van der Waals surface area contributed by atoms with E-state index in [1.54, 1.807) is 25.1 Å². The largest absolute Gasteiger partial charge is 0.383 e. The summed E-state index contributed by atoms with van der Waals surface area (Å²) < 4.78 is 0. The zero-order valence-corrected chi connectivity index (χ0v) is 17.2. The van der Waals surface area contributed by atoms with Gasteiger partial charge in [0.25, 0.3) is 0 Å². The molecule has 0 atom stereocenters. The number of carbonyl (C=O) groups is 1. The standard InChI is InChI=1S/C17H13ClIN5OS/c1-10-15(8-11(18)9-22-10)24-16(25)5-3-12-2-4-13(17(21)23-12)14(20)6-7-26-19/h2-5,8-9,20H,1H3,(H2,21,23)(H,24,25)/b5-3+,20-14?.